The molecule has 0 bridgehead atoms. The van der Waals surface area contributed by atoms with E-state index in [0.717, 1.165) is 19.4 Å². The highest BCUT2D eigenvalue weighted by Crippen LogP contribution is 2.13. The molecule has 1 saturated heterocycles. The first kappa shape index (κ1) is 10.4. The zero-order valence-corrected chi connectivity index (χ0v) is 7.92. The quantitative estimate of drug-likeness (QED) is 0.505. The standard InChI is InChI=1S/C10H17NO2/c1-2-5-11-7-10(12)9-4-3-6-13-8-9/h2,9,11H,1,3-8H2. The highest BCUT2D eigenvalue weighted by Gasteiger charge is 2.20. The summed E-state index contributed by atoms with van der Waals surface area (Å²) in [6.07, 6.45) is 3.75. The van der Waals surface area contributed by atoms with Gasteiger partial charge >= 0.3 is 0 Å². The Kier molecular flexibility index (Phi) is 4.72. The first-order valence-corrected chi connectivity index (χ1v) is 4.76. The average Bonchev–Trinajstić information content (AvgIpc) is 2.19. The van der Waals surface area contributed by atoms with E-state index < -0.39 is 0 Å². The van der Waals surface area contributed by atoms with Gasteiger partial charge in [0.05, 0.1) is 13.2 Å². The van der Waals surface area contributed by atoms with Crippen molar-refractivity contribution in [3.05, 3.63) is 12.7 Å². The average molecular weight is 183 g/mol. The lowest BCUT2D eigenvalue weighted by molar-refractivity contribution is -0.125. The first-order valence-electron chi connectivity index (χ1n) is 4.76. The van der Waals surface area contributed by atoms with Gasteiger partial charge in [-0.25, -0.2) is 0 Å². The minimum Gasteiger partial charge on any atom is -0.381 e. The molecule has 0 aliphatic carbocycles. The van der Waals surface area contributed by atoms with Crippen molar-refractivity contribution in [3.8, 4) is 0 Å². The molecule has 0 aromatic heterocycles. The summed E-state index contributed by atoms with van der Waals surface area (Å²) in [5.41, 5.74) is 0. The van der Waals surface area contributed by atoms with Crippen molar-refractivity contribution < 1.29 is 9.53 Å². The van der Waals surface area contributed by atoms with Crippen LogP contribution in [0.2, 0.25) is 0 Å². The molecule has 0 radical (unpaired) electrons. The van der Waals surface area contributed by atoms with Crippen LogP contribution in [0.4, 0.5) is 0 Å². The number of carbonyl (C=O) groups is 1. The third-order valence-corrected chi connectivity index (χ3v) is 2.20. The summed E-state index contributed by atoms with van der Waals surface area (Å²) in [5.74, 6) is 0.382. The molecule has 0 saturated carbocycles. The van der Waals surface area contributed by atoms with Crippen LogP contribution >= 0.6 is 0 Å². The molecule has 74 valence electrons. The summed E-state index contributed by atoms with van der Waals surface area (Å²) in [6.45, 7) is 6.12. The zero-order chi connectivity index (χ0) is 9.52. The van der Waals surface area contributed by atoms with Gasteiger partial charge in [-0.2, -0.15) is 0 Å². The lowest BCUT2D eigenvalue weighted by atomic mass is 9.97. The smallest absolute Gasteiger partial charge is 0.151 e. The molecule has 1 heterocycles. The predicted octanol–water partition coefficient (Wildman–Crippen LogP) is 0.758. The fraction of sp³-hybridized carbons (Fsp3) is 0.700. The highest BCUT2D eigenvalue weighted by molar-refractivity contribution is 5.83. The molecule has 1 aliphatic heterocycles. The Morgan fingerprint density at radius 1 is 1.69 bits per heavy atom. The predicted molar refractivity (Wildman–Crippen MR) is 51.6 cm³/mol. The third kappa shape index (κ3) is 3.70. The number of rotatable bonds is 5. The van der Waals surface area contributed by atoms with Crippen molar-refractivity contribution in [2.75, 3.05) is 26.3 Å². The molecule has 1 fully saturated rings. The van der Waals surface area contributed by atoms with Crippen LogP contribution in [0.1, 0.15) is 12.8 Å². The Morgan fingerprint density at radius 2 is 2.54 bits per heavy atom. The Morgan fingerprint density at radius 3 is 3.15 bits per heavy atom. The van der Waals surface area contributed by atoms with Crippen molar-refractivity contribution in [1.82, 2.24) is 5.32 Å². The van der Waals surface area contributed by atoms with E-state index in [1.807, 2.05) is 0 Å². The summed E-state index contributed by atoms with van der Waals surface area (Å²) < 4.78 is 5.24. The lowest BCUT2D eigenvalue weighted by Gasteiger charge is -2.20. The van der Waals surface area contributed by atoms with E-state index in [2.05, 4.69) is 11.9 Å². The molecule has 3 heteroatoms. The van der Waals surface area contributed by atoms with Crippen LogP contribution in [0.3, 0.4) is 0 Å². The summed E-state index contributed by atoms with van der Waals surface area (Å²) in [5, 5.41) is 3.01. The first-order chi connectivity index (χ1) is 6.34. The topological polar surface area (TPSA) is 38.3 Å². The van der Waals surface area contributed by atoms with Crippen molar-refractivity contribution in [2.45, 2.75) is 12.8 Å². The number of carbonyl (C=O) groups excluding carboxylic acids is 1. The maximum absolute atomic E-state index is 11.5. The van der Waals surface area contributed by atoms with Gasteiger partial charge in [-0.1, -0.05) is 6.08 Å². The van der Waals surface area contributed by atoms with Crippen molar-refractivity contribution in [1.29, 1.82) is 0 Å². The van der Waals surface area contributed by atoms with Crippen LogP contribution in [0.25, 0.3) is 0 Å². The Bertz CT molecular complexity index is 174. The van der Waals surface area contributed by atoms with E-state index in [1.165, 1.54) is 0 Å². The number of ketones is 1. The van der Waals surface area contributed by atoms with E-state index in [9.17, 15) is 4.79 Å². The van der Waals surface area contributed by atoms with Gasteiger partial charge in [0, 0.05) is 19.1 Å². The van der Waals surface area contributed by atoms with Crippen LogP contribution in [0.5, 0.6) is 0 Å². The highest BCUT2D eigenvalue weighted by atomic mass is 16.5. The van der Waals surface area contributed by atoms with Gasteiger partial charge in [-0.15, -0.1) is 6.58 Å². The maximum atomic E-state index is 11.5. The second kappa shape index (κ2) is 5.89. The second-order valence-electron chi connectivity index (χ2n) is 3.30. The Hall–Kier alpha value is -0.670. The van der Waals surface area contributed by atoms with Crippen molar-refractivity contribution in [3.63, 3.8) is 0 Å². The van der Waals surface area contributed by atoms with E-state index in [0.29, 0.717) is 19.7 Å². The molecule has 0 amide bonds. The molecule has 0 spiro atoms. The van der Waals surface area contributed by atoms with Gasteiger partial charge in [-0.05, 0) is 12.8 Å². The maximum Gasteiger partial charge on any atom is 0.151 e. The fourth-order valence-electron chi connectivity index (χ4n) is 1.44. The molecule has 13 heavy (non-hydrogen) atoms. The zero-order valence-electron chi connectivity index (χ0n) is 7.92. The number of nitrogens with one attached hydrogen (secondary N) is 1. The molecule has 1 atom stereocenters. The lowest BCUT2D eigenvalue weighted by Crippen LogP contribution is -2.33. The Labute approximate surface area is 79.2 Å². The molecule has 3 nitrogen and oxygen atoms in total. The summed E-state index contributed by atoms with van der Waals surface area (Å²) in [4.78, 5) is 11.5. The van der Waals surface area contributed by atoms with E-state index >= 15 is 0 Å². The van der Waals surface area contributed by atoms with Crippen LogP contribution < -0.4 is 5.32 Å². The monoisotopic (exact) mass is 183 g/mol. The molecule has 0 aromatic rings. The van der Waals surface area contributed by atoms with E-state index in [4.69, 9.17) is 4.74 Å². The molecule has 1 aliphatic rings. The van der Waals surface area contributed by atoms with Crippen LogP contribution in [-0.2, 0) is 9.53 Å². The van der Waals surface area contributed by atoms with E-state index in [-0.39, 0.29) is 11.7 Å². The molecular weight excluding hydrogens is 166 g/mol. The van der Waals surface area contributed by atoms with Gasteiger partial charge in [0.25, 0.3) is 0 Å². The molecular formula is C10H17NO2. The van der Waals surface area contributed by atoms with E-state index in [1.54, 1.807) is 6.08 Å². The summed E-state index contributed by atoms with van der Waals surface area (Å²) in [7, 11) is 0. The minimum atomic E-state index is 0.117. The molecule has 1 unspecified atom stereocenters. The largest absolute Gasteiger partial charge is 0.381 e. The van der Waals surface area contributed by atoms with Gasteiger partial charge in [0.1, 0.15) is 0 Å². The van der Waals surface area contributed by atoms with Crippen LogP contribution in [-0.4, -0.2) is 32.1 Å². The van der Waals surface area contributed by atoms with Crippen molar-refractivity contribution >= 4 is 5.78 Å². The van der Waals surface area contributed by atoms with Gasteiger partial charge in [0.2, 0.25) is 0 Å². The van der Waals surface area contributed by atoms with Gasteiger partial charge in [0.15, 0.2) is 5.78 Å². The van der Waals surface area contributed by atoms with Gasteiger partial charge < -0.3 is 10.1 Å². The van der Waals surface area contributed by atoms with Crippen LogP contribution in [0, 0.1) is 5.92 Å². The number of hydrogen-bond acceptors (Lipinski definition) is 3. The van der Waals surface area contributed by atoms with Crippen molar-refractivity contribution in [2.24, 2.45) is 5.92 Å². The minimum absolute atomic E-state index is 0.117. The molecule has 1 N–H and O–H groups in total. The fourth-order valence-corrected chi connectivity index (χ4v) is 1.44. The number of Topliss-reactive ketones (excluding diaryl/α,β-unsaturated/α-hetero) is 1. The second-order valence-corrected chi connectivity index (χ2v) is 3.30. The molecule has 0 aromatic carbocycles. The Balaban J connectivity index is 2.17. The summed E-state index contributed by atoms with van der Waals surface area (Å²) in [6, 6.07) is 0. The van der Waals surface area contributed by atoms with Crippen LogP contribution in [0.15, 0.2) is 12.7 Å². The SMILES string of the molecule is C=CCNCC(=O)C1CCCOC1. The third-order valence-electron chi connectivity index (χ3n) is 2.20. The van der Waals surface area contributed by atoms with Gasteiger partial charge in [-0.3, -0.25) is 4.79 Å². The number of hydrogen-bond donors (Lipinski definition) is 1. The number of ether oxygens (including phenoxy) is 1. The summed E-state index contributed by atoms with van der Waals surface area (Å²) >= 11 is 0. The molecule has 1 rings (SSSR count). The normalized spacial score (nSPS) is 22.6.